The van der Waals surface area contributed by atoms with E-state index in [9.17, 15) is 14.9 Å². The number of non-ortho nitro benzene ring substituents is 1. The number of halogens is 1. The van der Waals surface area contributed by atoms with Gasteiger partial charge in [-0.15, -0.1) is 0 Å². The van der Waals surface area contributed by atoms with E-state index in [4.69, 9.17) is 17.3 Å². The number of hydrogen-bond donors (Lipinski definition) is 2. The minimum atomic E-state index is -0.608. The fourth-order valence-corrected chi connectivity index (χ4v) is 2.06. The molecule has 1 unspecified atom stereocenters. The number of anilines is 1. The molecule has 1 aliphatic rings. The van der Waals surface area contributed by atoms with Crippen molar-refractivity contribution in [1.29, 1.82) is 0 Å². The molecular formula is C12H14ClN3O3. The van der Waals surface area contributed by atoms with Gasteiger partial charge in [-0.25, -0.2) is 0 Å². The molecule has 1 amide bonds. The van der Waals surface area contributed by atoms with Crippen LogP contribution in [0.1, 0.15) is 30.6 Å². The number of nitro groups is 1. The molecule has 0 heterocycles. The van der Waals surface area contributed by atoms with Gasteiger partial charge in [0.15, 0.2) is 0 Å². The van der Waals surface area contributed by atoms with Crippen molar-refractivity contribution in [3.8, 4) is 0 Å². The van der Waals surface area contributed by atoms with Crippen LogP contribution < -0.4 is 11.1 Å². The Morgan fingerprint density at radius 1 is 1.58 bits per heavy atom. The molecule has 1 saturated carbocycles. The van der Waals surface area contributed by atoms with E-state index in [1.807, 2.05) is 13.8 Å². The molecule has 1 fully saturated rings. The summed E-state index contributed by atoms with van der Waals surface area (Å²) in [6.07, 6.45) is 0.876. The van der Waals surface area contributed by atoms with E-state index in [0.29, 0.717) is 0 Å². The van der Waals surface area contributed by atoms with Gasteiger partial charge in [0.1, 0.15) is 0 Å². The zero-order chi connectivity index (χ0) is 14.4. The van der Waals surface area contributed by atoms with Crippen molar-refractivity contribution >= 4 is 28.9 Å². The van der Waals surface area contributed by atoms with Crippen LogP contribution in [0.2, 0.25) is 5.02 Å². The van der Waals surface area contributed by atoms with Gasteiger partial charge in [0.2, 0.25) is 0 Å². The molecule has 1 aliphatic carbocycles. The first kappa shape index (κ1) is 13.6. The monoisotopic (exact) mass is 283 g/mol. The first-order valence-electron chi connectivity index (χ1n) is 5.76. The highest BCUT2D eigenvalue weighted by molar-refractivity contribution is 6.34. The number of amides is 1. The largest absolute Gasteiger partial charge is 0.397 e. The Morgan fingerprint density at radius 3 is 2.63 bits per heavy atom. The number of nitrogens with two attached hydrogens (primary N) is 1. The van der Waals surface area contributed by atoms with E-state index in [1.54, 1.807) is 0 Å². The molecular weight excluding hydrogens is 270 g/mol. The number of nitrogens with one attached hydrogen (secondary N) is 1. The molecule has 7 heteroatoms. The fourth-order valence-electron chi connectivity index (χ4n) is 1.85. The Bertz CT molecular complexity index is 572. The highest BCUT2D eigenvalue weighted by Gasteiger charge is 2.46. The van der Waals surface area contributed by atoms with Gasteiger partial charge in [-0.05, 0) is 11.8 Å². The maximum absolute atomic E-state index is 12.1. The number of carbonyl (C=O) groups excluding carboxylic acids is 1. The van der Waals surface area contributed by atoms with Gasteiger partial charge in [-0.1, -0.05) is 25.4 Å². The predicted molar refractivity (Wildman–Crippen MR) is 72.2 cm³/mol. The van der Waals surface area contributed by atoms with Gasteiger partial charge in [0.25, 0.3) is 11.6 Å². The van der Waals surface area contributed by atoms with E-state index in [-0.39, 0.29) is 33.4 Å². The van der Waals surface area contributed by atoms with Crippen molar-refractivity contribution in [3.63, 3.8) is 0 Å². The number of hydrogen-bond acceptors (Lipinski definition) is 4. The van der Waals surface area contributed by atoms with Crippen LogP contribution in [0.5, 0.6) is 0 Å². The van der Waals surface area contributed by atoms with Crippen LogP contribution in [-0.2, 0) is 0 Å². The maximum Gasteiger partial charge on any atom is 0.271 e. The van der Waals surface area contributed by atoms with Crippen molar-refractivity contribution in [2.45, 2.75) is 26.3 Å². The molecule has 19 heavy (non-hydrogen) atoms. The molecule has 102 valence electrons. The normalized spacial score (nSPS) is 19.8. The topological polar surface area (TPSA) is 98.3 Å². The summed E-state index contributed by atoms with van der Waals surface area (Å²) < 4.78 is 0. The SMILES string of the molecule is CC1(C)CC1NC(=O)c1cc([N+](=O)[O-])cc(Cl)c1N. The minimum absolute atomic E-state index is 0.00871. The number of nitrogens with zero attached hydrogens (tertiary/aromatic N) is 1. The third-order valence-corrected chi connectivity index (χ3v) is 3.70. The second kappa shape index (κ2) is 4.38. The predicted octanol–water partition coefficient (Wildman–Crippen LogP) is 2.36. The van der Waals surface area contributed by atoms with Gasteiger partial charge < -0.3 is 11.1 Å². The molecule has 0 aliphatic heterocycles. The van der Waals surface area contributed by atoms with E-state index in [0.717, 1.165) is 18.6 Å². The van der Waals surface area contributed by atoms with Crippen LogP contribution in [-0.4, -0.2) is 16.9 Å². The highest BCUT2D eigenvalue weighted by atomic mass is 35.5. The van der Waals surface area contributed by atoms with Crippen LogP contribution >= 0.6 is 11.6 Å². The lowest BCUT2D eigenvalue weighted by atomic mass is 10.1. The number of nitro benzene ring substituents is 1. The van der Waals surface area contributed by atoms with Crippen molar-refractivity contribution in [2.24, 2.45) is 5.41 Å². The third kappa shape index (κ3) is 2.63. The minimum Gasteiger partial charge on any atom is -0.397 e. The average Bonchev–Trinajstić information content (AvgIpc) is 2.89. The van der Waals surface area contributed by atoms with Gasteiger partial charge in [-0.3, -0.25) is 14.9 Å². The Balaban J connectivity index is 2.28. The third-order valence-electron chi connectivity index (χ3n) is 3.39. The second-order valence-corrected chi connectivity index (χ2v) is 5.77. The Labute approximate surface area is 115 Å². The number of rotatable bonds is 3. The van der Waals surface area contributed by atoms with E-state index in [1.165, 1.54) is 0 Å². The van der Waals surface area contributed by atoms with Crippen molar-refractivity contribution < 1.29 is 9.72 Å². The number of benzene rings is 1. The van der Waals surface area contributed by atoms with E-state index >= 15 is 0 Å². The maximum atomic E-state index is 12.1. The standard InChI is InChI=1S/C12H14ClN3O3/c1-12(2)5-9(12)15-11(17)7-3-6(16(18)19)4-8(13)10(7)14/h3-4,9H,5,14H2,1-2H3,(H,15,17). The molecule has 1 atom stereocenters. The van der Waals surface area contributed by atoms with Crippen molar-refractivity contribution in [1.82, 2.24) is 5.32 Å². The van der Waals surface area contributed by atoms with Gasteiger partial charge in [0.05, 0.1) is 21.2 Å². The summed E-state index contributed by atoms with van der Waals surface area (Å²) in [7, 11) is 0. The second-order valence-electron chi connectivity index (χ2n) is 5.36. The molecule has 0 radical (unpaired) electrons. The summed E-state index contributed by atoms with van der Waals surface area (Å²) in [5.41, 5.74) is 5.62. The molecule has 0 spiro atoms. The Hall–Kier alpha value is -1.82. The molecule has 0 bridgehead atoms. The molecule has 0 aromatic heterocycles. The van der Waals surface area contributed by atoms with Crippen LogP contribution in [0, 0.1) is 15.5 Å². The Kier molecular flexibility index (Phi) is 3.14. The fraction of sp³-hybridized carbons (Fsp3) is 0.417. The summed E-state index contributed by atoms with van der Waals surface area (Å²) in [5, 5.41) is 13.6. The molecule has 2 rings (SSSR count). The first-order valence-corrected chi connectivity index (χ1v) is 6.14. The zero-order valence-corrected chi connectivity index (χ0v) is 11.3. The smallest absolute Gasteiger partial charge is 0.271 e. The molecule has 3 N–H and O–H groups in total. The average molecular weight is 284 g/mol. The summed E-state index contributed by atoms with van der Waals surface area (Å²) in [6.45, 7) is 4.06. The summed E-state index contributed by atoms with van der Waals surface area (Å²) in [4.78, 5) is 22.2. The van der Waals surface area contributed by atoms with E-state index < -0.39 is 10.8 Å². The number of nitrogen functional groups attached to an aromatic ring is 1. The van der Waals surface area contributed by atoms with Crippen LogP contribution in [0.25, 0.3) is 0 Å². The summed E-state index contributed by atoms with van der Waals surface area (Å²) in [5.74, 6) is -0.432. The zero-order valence-electron chi connectivity index (χ0n) is 10.6. The molecule has 0 saturated heterocycles. The van der Waals surface area contributed by atoms with Crippen molar-refractivity contribution in [2.75, 3.05) is 5.73 Å². The van der Waals surface area contributed by atoms with Crippen LogP contribution in [0.3, 0.4) is 0 Å². The Morgan fingerprint density at radius 2 is 2.16 bits per heavy atom. The molecule has 1 aromatic carbocycles. The lowest BCUT2D eigenvalue weighted by Gasteiger charge is -2.10. The van der Waals surface area contributed by atoms with Crippen LogP contribution in [0.4, 0.5) is 11.4 Å². The van der Waals surface area contributed by atoms with Gasteiger partial charge >= 0.3 is 0 Å². The summed E-state index contributed by atoms with van der Waals surface area (Å²) in [6, 6.07) is 2.35. The summed E-state index contributed by atoms with van der Waals surface area (Å²) >= 11 is 5.81. The van der Waals surface area contributed by atoms with E-state index in [2.05, 4.69) is 5.32 Å². The first-order chi connectivity index (χ1) is 8.72. The van der Waals surface area contributed by atoms with Gasteiger partial charge in [0, 0.05) is 18.2 Å². The van der Waals surface area contributed by atoms with Crippen LogP contribution in [0.15, 0.2) is 12.1 Å². The molecule has 6 nitrogen and oxygen atoms in total. The lowest BCUT2D eigenvalue weighted by Crippen LogP contribution is -2.29. The quantitative estimate of drug-likeness (QED) is 0.505. The van der Waals surface area contributed by atoms with Crippen molar-refractivity contribution in [3.05, 3.63) is 32.8 Å². The lowest BCUT2D eigenvalue weighted by molar-refractivity contribution is -0.384. The number of carbonyl (C=O) groups is 1. The molecule has 1 aromatic rings. The van der Waals surface area contributed by atoms with Gasteiger partial charge in [-0.2, -0.15) is 0 Å². The highest BCUT2D eigenvalue weighted by Crippen LogP contribution is 2.44.